The molecular weight excluding hydrogens is 1200 g/mol. The molecule has 0 bridgehead atoms. The molecule has 16 nitrogen and oxygen atoms in total. The van der Waals surface area contributed by atoms with Gasteiger partial charge in [-0.2, -0.15) is 10.5 Å². The first-order valence-electron chi connectivity index (χ1n) is 28.0. The van der Waals surface area contributed by atoms with E-state index in [4.69, 9.17) is 48.9 Å². The van der Waals surface area contributed by atoms with E-state index >= 15 is 8.78 Å². The molecule has 4 aromatic heterocycles. The lowest BCUT2D eigenvalue weighted by Crippen LogP contribution is -2.55. The molecule has 10 aromatic rings. The molecule has 0 aliphatic carbocycles. The molecule has 0 unspecified atom stereocenters. The van der Waals surface area contributed by atoms with Crippen molar-refractivity contribution in [3.8, 4) is 46.4 Å². The lowest BCUT2D eigenvalue weighted by molar-refractivity contribution is -0.187. The number of imidazole rings is 2. The van der Waals surface area contributed by atoms with Crippen LogP contribution in [0.1, 0.15) is 62.4 Å². The molecule has 6 aromatic carbocycles. The van der Waals surface area contributed by atoms with Gasteiger partial charge in [-0.15, -0.1) is 0 Å². The molecule has 2 aliphatic rings. The van der Waals surface area contributed by atoms with Gasteiger partial charge in [-0.1, -0.05) is 70.5 Å². The van der Waals surface area contributed by atoms with Crippen LogP contribution in [0.4, 0.5) is 17.6 Å². The maximum Gasteiger partial charge on any atom is 0.214 e. The zero-order valence-corrected chi connectivity index (χ0v) is 49.5. The fourth-order valence-corrected chi connectivity index (χ4v) is 11.2. The molecular formula is C67H57BrF4N8O8. The molecule has 12 rings (SSSR count). The number of hydrogen-bond donors (Lipinski definition) is 2. The van der Waals surface area contributed by atoms with Crippen LogP contribution in [0.25, 0.3) is 44.6 Å². The molecule has 2 fully saturated rings. The first-order valence-corrected chi connectivity index (χ1v) is 28.8. The number of halogens is 5. The SMILES string of the molecule is COCCn1c([C@@H](c2ccc(-c3cccc(OCc4ccc(C#N)cc4F)n3)cc2F)C2(O)COC2)nc2ccc(Br)cc21.COCCn1c([C@H](c2ccc(-c3cccc(OCc4ccc(C#N)cc4F)n3)cc2F)C2(O)COC2)nc2ccc(C)cc21. The van der Waals surface area contributed by atoms with Gasteiger partial charge in [-0.3, -0.25) is 0 Å². The third kappa shape index (κ3) is 12.8. The summed E-state index contributed by atoms with van der Waals surface area (Å²) >= 11 is 3.52. The van der Waals surface area contributed by atoms with Crippen LogP contribution in [0.2, 0.25) is 0 Å². The summed E-state index contributed by atoms with van der Waals surface area (Å²) in [7, 11) is 3.23. The number of nitrogens with zero attached hydrogens (tertiary/aromatic N) is 8. The quantitative estimate of drug-likeness (QED) is 0.0682. The number of benzene rings is 6. The zero-order valence-electron chi connectivity index (χ0n) is 47.9. The van der Waals surface area contributed by atoms with Crippen molar-refractivity contribution in [1.82, 2.24) is 29.1 Å². The zero-order chi connectivity index (χ0) is 61.7. The predicted octanol–water partition coefficient (Wildman–Crippen LogP) is 11.8. The van der Waals surface area contributed by atoms with E-state index in [1.54, 1.807) is 74.9 Å². The highest BCUT2D eigenvalue weighted by atomic mass is 79.9. The van der Waals surface area contributed by atoms with E-state index in [1.807, 2.05) is 64.6 Å². The Balaban J connectivity index is 0.000000182. The lowest BCUT2D eigenvalue weighted by Gasteiger charge is -2.42. The standard InChI is InChI=1S/C34H30F2N4O4.C33H27BrF2N4O4/c1-21-6-11-29-30(14-21)40(12-13-42-2)33(39-29)32(34(41)19-43-20-34)25-10-9-23(16-27(25)36)28-4-3-5-31(38-28)44-18-24-8-7-22(17-37)15-26(24)35;1-42-12-11-40-29-15-23(34)8-10-28(29)39-32(40)31(33(41)18-43-19-33)24-9-7-21(14-26(24)36)27-3-2-4-30(38-27)44-17-22-6-5-20(16-37)13-25(22)35/h3-11,14-16,32,41H,12-13,18-20H2,1-2H3;2-10,13-15,31,41H,11-12,17-19H2,1H3/t32-;31-/m01/s1. The van der Waals surface area contributed by atoms with Gasteiger partial charge < -0.3 is 47.8 Å². The van der Waals surface area contributed by atoms with Gasteiger partial charge in [0.2, 0.25) is 11.8 Å². The molecule has 448 valence electrons. The summed E-state index contributed by atoms with van der Waals surface area (Å²) in [6.07, 6.45) is 0. The molecule has 88 heavy (non-hydrogen) atoms. The summed E-state index contributed by atoms with van der Waals surface area (Å²) < 4.78 is 98.5. The van der Waals surface area contributed by atoms with Gasteiger partial charge in [0.1, 0.15) is 59.3 Å². The van der Waals surface area contributed by atoms with Crippen molar-refractivity contribution >= 4 is 38.0 Å². The Kier molecular flexibility index (Phi) is 18.1. The monoisotopic (exact) mass is 1260 g/mol. The molecule has 2 aliphatic heterocycles. The van der Waals surface area contributed by atoms with E-state index in [1.165, 1.54) is 36.4 Å². The van der Waals surface area contributed by atoms with Crippen LogP contribution >= 0.6 is 15.9 Å². The van der Waals surface area contributed by atoms with E-state index in [2.05, 4.69) is 25.9 Å². The first kappa shape index (κ1) is 60.8. The second-order valence-electron chi connectivity index (χ2n) is 21.5. The average molecular weight is 1260 g/mol. The molecule has 6 heterocycles. The highest BCUT2D eigenvalue weighted by molar-refractivity contribution is 9.10. The fourth-order valence-electron chi connectivity index (χ4n) is 10.9. The Morgan fingerprint density at radius 3 is 1.42 bits per heavy atom. The van der Waals surface area contributed by atoms with Crippen LogP contribution in [0.5, 0.6) is 11.8 Å². The van der Waals surface area contributed by atoms with Gasteiger partial charge in [0.25, 0.3) is 0 Å². The largest absolute Gasteiger partial charge is 0.473 e. The summed E-state index contributed by atoms with van der Waals surface area (Å²) in [6, 6.07) is 43.4. The summed E-state index contributed by atoms with van der Waals surface area (Å²) in [5.41, 5.74) is 4.97. The van der Waals surface area contributed by atoms with Crippen LogP contribution in [-0.4, -0.2) is 104 Å². The first-order chi connectivity index (χ1) is 42.6. The topological polar surface area (TPSA) is 205 Å². The van der Waals surface area contributed by atoms with E-state index in [9.17, 15) is 19.0 Å². The van der Waals surface area contributed by atoms with E-state index in [0.29, 0.717) is 66.0 Å². The van der Waals surface area contributed by atoms with E-state index in [0.717, 1.165) is 38.7 Å². The number of nitriles is 2. The van der Waals surface area contributed by atoms with E-state index < -0.39 is 46.3 Å². The second kappa shape index (κ2) is 26.2. The fraction of sp³-hybridized carbons (Fsp3) is 0.254. The summed E-state index contributed by atoms with van der Waals surface area (Å²) in [5, 5.41) is 41.1. The lowest BCUT2D eigenvalue weighted by atomic mass is 9.79. The molecule has 0 amide bonds. The Hall–Kier alpha value is -8.90. The molecule has 2 atom stereocenters. The van der Waals surface area contributed by atoms with Gasteiger partial charge in [0.15, 0.2) is 0 Å². The summed E-state index contributed by atoms with van der Waals surface area (Å²) in [5.74, 6) is -2.28. The number of hydrogen-bond acceptors (Lipinski definition) is 14. The minimum absolute atomic E-state index is 0.0385. The van der Waals surface area contributed by atoms with Gasteiger partial charge in [-0.05, 0) is 91.3 Å². The van der Waals surface area contributed by atoms with Crippen molar-refractivity contribution in [1.29, 1.82) is 10.5 Å². The van der Waals surface area contributed by atoms with Gasteiger partial charge in [0, 0.05) is 77.3 Å². The smallest absolute Gasteiger partial charge is 0.214 e. The minimum atomic E-state index is -1.36. The Labute approximate surface area is 511 Å². The number of rotatable bonds is 20. The highest BCUT2D eigenvalue weighted by Crippen LogP contribution is 2.44. The van der Waals surface area contributed by atoms with E-state index in [-0.39, 0.29) is 84.8 Å². The molecule has 0 spiro atoms. The minimum Gasteiger partial charge on any atom is -0.473 e. The van der Waals surface area contributed by atoms with Crippen LogP contribution < -0.4 is 9.47 Å². The molecule has 2 N–H and O–H groups in total. The molecule has 0 radical (unpaired) electrons. The van der Waals surface area contributed by atoms with Crippen molar-refractivity contribution in [2.45, 2.75) is 56.3 Å². The van der Waals surface area contributed by atoms with Gasteiger partial charge in [0.05, 0.1) is 108 Å². The number of methoxy groups -OCH3 is 2. The van der Waals surface area contributed by atoms with Gasteiger partial charge in [-0.25, -0.2) is 37.5 Å². The maximum absolute atomic E-state index is 16.1. The van der Waals surface area contributed by atoms with Crippen LogP contribution in [0, 0.1) is 52.9 Å². The number of aliphatic hydroxyl groups is 2. The van der Waals surface area contributed by atoms with Crippen molar-refractivity contribution in [2.24, 2.45) is 0 Å². The highest BCUT2D eigenvalue weighted by Gasteiger charge is 2.50. The molecule has 0 saturated carbocycles. The van der Waals surface area contributed by atoms with Crippen LogP contribution in [0.15, 0.2) is 150 Å². The number of ether oxygens (including phenoxy) is 6. The number of pyridine rings is 2. The number of aromatic nitrogens is 6. The number of fused-ring (bicyclic) bond motifs is 2. The van der Waals surface area contributed by atoms with Crippen molar-refractivity contribution < 1.29 is 56.2 Å². The van der Waals surface area contributed by atoms with Crippen LogP contribution in [0.3, 0.4) is 0 Å². The summed E-state index contributed by atoms with van der Waals surface area (Å²) in [6.45, 7) is 3.73. The normalized spacial score (nSPS) is 14.6. The van der Waals surface area contributed by atoms with Crippen molar-refractivity contribution in [3.63, 3.8) is 0 Å². The Bertz CT molecular complexity index is 4040. The van der Waals surface area contributed by atoms with Gasteiger partial charge >= 0.3 is 0 Å². The molecule has 21 heteroatoms. The Morgan fingerprint density at radius 1 is 0.557 bits per heavy atom. The summed E-state index contributed by atoms with van der Waals surface area (Å²) in [4.78, 5) is 18.7. The third-order valence-electron chi connectivity index (χ3n) is 15.5. The maximum atomic E-state index is 16.1. The molecule has 2 saturated heterocycles. The Morgan fingerprint density at radius 2 is 1.01 bits per heavy atom. The number of aryl methyl sites for hydroxylation is 1. The van der Waals surface area contributed by atoms with Crippen LogP contribution in [-0.2, 0) is 45.3 Å². The third-order valence-corrected chi connectivity index (χ3v) is 16.0. The second-order valence-corrected chi connectivity index (χ2v) is 22.4. The average Bonchev–Trinajstić information content (AvgIpc) is 1.63. The van der Waals surface area contributed by atoms with Crippen molar-refractivity contribution in [3.05, 3.63) is 224 Å². The predicted molar refractivity (Wildman–Crippen MR) is 321 cm³/mol. The van der Waals surface area contributed by atoms with Crippen molar-refractivity contribution in [2.75, 3.05) is 53.9 Å².